The highest BCUT2D eigenvalue weighted by Crippen LogP contribution is 2.09. The van der Waals surface area contributed by atoms with E-state index in [1.807, 2.05) is 20.8 Å². The summed E-state index contributed by atoms with van der Waals surface area (Å²) in [6.45, 7) is 6.07. The first-order valence-electron chi connectivity index (χ1n) is 7.09. The fraction of sp³-hybridized carbons (Fsp3) is 0.857. The van der Waals surface area contributed by atoms with E-state index in [9.17, 15) is 4.79 Å². The highest BCUT2D eigenvalue weighted by atomic mass is 35.5. The van der Waals surface area contributed by atoms with Crippen molar-refractivity contribution in [3.63, 3.8) is 0 Å². The number of ether oxygens (including phenoxy) is 1. The fourth-order valence-corrected chi connectivity index (χ4v) is 1.58. The average Bonchev–Trinajstić information content (AvgIpc) is 2.54. The van der Waals surface area contributed by atoms with Crippen LogP contribution in [0.5, 0.6) is 0 Å². The molecule has 0 saturated carbocycles. The van der Waals surface area contributed by atoms with E-state index in [2.05, 4.69) is 5.32 Å². The molecule has 0 aliphatic carbocycles. The molecule has 0 aliphatic heterocycles. The Kier molecular flexibility index (Phi) is 26.7. The van der Waals surface area contributed by atoms with Gasteiger partial charge in [0.1, 0.15) is 12.2 Å². The second kappa shape index (κ2) is 21.9. The summed E-state index contributed by atoms with van der Waals surface area (Å²) < 4.78 is 5.28. The van der Waals surface area contributed by atoms with Crippen LogP contribution in [-0.2, 0) is 14.3 Å². The summed E-state index contributed by atoms with van der Waals surface area (Å²) in [7, 11) is 1.61. The van der Waals surface area contributed by atoms with Gasteiger partial charge in [-0.15, -0.1) is 23.2 Å². The van der Waals surface area contributed by atoms with Gasteiger partial charge in [0.15, 0.2) is 0 Å². The Bertz CT molecular complexity index is 231. The SMILES string of the molecule is CC.CCCC(OC)C(CCO)NC(=O)CCl.O=CCCl. The normalized spacial score (nSPS) is 12.0. The predicted molar refractivity (Wildman–Crippen MR) is 88.2 cm³/mol. The van der Waals surface area contributed by atoms with Crippen molar-refractivity contribution >= 4 is 35.4 Å². The minimum atomic E-state index is -0.228. The van der Waals surface area contributed by atoms with Gasteiger partial charge in [-0.2, -0.15) is 0 Å². The maximum absolute atomic E-state index is 11.1. The number of aliphatic hydroxyl groups excluding tert-OH is 1. The standard InChI is InChI=1S/C10H20ClNO3.C2H3ClO.C2H6/c1-3-4-9(15-2)8(5-6-13)12-10(14)7-11;3-1-2-4;1-2/h8-9,13H,3-7H2,1-2H3,(H,12,14);2H,1H2;1-2H3. The Labute approximate surface area is 138 Å². The summed E-state index contributed by atoms with van der Waals surface area (Å²) in [6.07, 6.45) is 2.89. The third kappa shape index (κ3) is 17.6. The molecule has 0 aliphatic rings. The number of nitrogens with one attached hydrogen (secondary N) is 1. The van der Waals surface area contributed by atoms with Crippen LogP contribution in [0.3, 0.4) is 0 Å². The van der Waals surface area contributed by atoms with E-state index in [0.29, 0.717) is 12.7 Å². The summed E-state index contributed by atoms with van der Waals surface area (Å²) in [5.41, 5.74) is 0. The summed E-state index contributed by atoms with van der Waals surface area (Å²) in [5.74, 6) is -0.182. The van der Waals surface area contributed by atoms with Crippen molar-refractivity contribution < 1.29 is 19.4 Å². The van der Waals surface area contributed by atoms with Crippen LogP contribution < -0.4 is 5.32 Å². The minimum Gasteiger partial charge on any atom is -0.396 e. The number of aliphatic hydroxyl groups is 1. The average molecular weight is 346 g/mol. The van der Waals surface area contributed by atoms with Crippen LogP contribution in [0.4, 0.5) is 0 Å². The topological polar surface area (TPSA) is 75.6 Å². The van der Waals surface area contributed by atoms with Crippen LogP contribution in [0, 0.1) is 0 Å². The van der Waals surface area contributed by atoms with E-state index < -0.39 is 0 Å². The molecular weight excluding hydrogens is 317 g/mol. The van der Waals surface area contributed by atoms with Crippen molar-refractivity contribution in [1.82, 2.24) is 5.32 Å². The predicted octanol–water partition coefficient (Wildman–Crippen LogP) is 2.36. The summed E-state index contributed by atoms with van der Waals surface area (Å²) in [5, 5.41) is 11.6. The molecule has 2 N–H and O–H groups in total. The zero-order valence-corrected chi connectivity index (χ0v) is 14.9. The molecule has 7 heteroatoms. The summed E-state index contributed by atoms with van der Waals surface area (Å²) in [4.78, 5) is 20.2. The van der Waals surface area contributed by atoms with Gasteiger partial charge in [-0.1, -0.05) is 27.2 Å². The van der Waals surface area contributed by atoms with Crippen LogP contribution in [0.25, 0.3) is 0 Å². The molecule has 0 radical (unpaired) electrons. The molecule has 0 aromatic rings. The number of methoxy groups -OCH3 is 1. The zero-order chi connectivity index (χ0) is 17.1. The zero-order valence-electron chi connectivity index (χ0n) is 13.4. The van der Waals surface area contributed by atoms with Crippen molar-refractivity contribution in [3.8, 4) is 0 Å². The smallest absolute Gasteiger partial charge is 0.235 e. The number of halogens is 2. The Hall–Kier alpha value is -0.360. The number of aldehydes is 1. The Morgan fingerprint density at radius 2 is 1.86 bits per heavy atom. The van der Waals surface area contributed by atoms with Gasteiger partial charge >= 0.3 is 0 Å². The minimum absolute atomic E-state index is 0.0246. The van der Waals surface area contributed by atoms with E-state index in [0.717, 1.165) is 12.8 Å². The Morgan fingerprint density at radius 3 is 2.14 bits per heavy atom. The number of hydrogen-bond acceptors (Lipinski definition) is 4. The molecule has 128 valence electrons. The molecule has 0 aromatic heterocycles. The van der Waals surface area contributed by atoms with Crippen LogP contribution in [0.1, 0.15) is 40.0 Å². The van der Waals surface area contributed by atoms with Gasteiger partial charge in [0.2, 0.25) is 5.91 Å². The molecule has 0 rings (SSSR count). The number of carbonyl (C=O) groups is 2. The lowest BCUT2D eigenvalue weighted by Gasteiger charge is -2.26. The van der Waals surface area contributed by atoms with Gasteiger partial charge < -0.3 is 20.0 Å². The number of hydrogen-bond donors (Lipinski definition) is 2. The van der Waals surface area contributed by atoms with Crippen molar-refractivity contribution in [2.75, 3.05) is 25.5 Å². The summed E-state index contributed by atoms with van der Waals surface area (Å²) >= 11 is 10.2. The van der Waals surface area contributed by atoms with Gasteiger partial charge in [0, 0.05) is 13.7 Å². The maximum atomic E-state index is 11.1. The van der Waals surface area contributed by atoms with E-state index in [1.165, 1.54) is 0 Å². The van der Waals surface area contributed by atoms with Crippen molar-refractivity contribution in [2.45, 2.75) is 52.2 Å². The Morgan fingerprint density at radius 1 is 1.33 bits per heavy atom. The van der Waals surface area contributed by atoms with Gasteiger partial charge in [0.05, 0.1) is 18.0 Å². The third-order valence-corrected chi connectivity index (χ3v) is 2.66. The molecule has 2 atom stereocenters. The van der Waals surface area contributed by atoms with Gasteiger partial charge in [-0.05, 0) is 12.8 Å². The van der Waals surface area contributed by atoms with Crippen LogP contribution in [0.2, 0.25) is 0 Å². The highest BCUT2D eigenvalue weighted by molar-refractivity contribution is 6.27. The summed E-state index contributed by atoms with van der Waals surface area (Å²) in [6, 6.07) is -0.161. The molecule has 0 fully saturated rings. The number of amides is 1. The molecule has 2 unspecified atom stereocenters. The van der Waals surface area contributed by atoms with E-state index in [1.54, 1.807) is 7.11 Å². The lowest BCUT2D eigenvalue weighted by molar-refractivity contribution is -0.120. The molecule has 0 saturated heterocycles. The molecule has 21 heavy (non-hydrogen) atoms. The molecule has 0 bridgehead atoms. The monoisotopic (exact) mass is 345 g/mol. The highest BCUT2D eigenvalue weighted by Gasteiger charge is 2.21. The van der Waals surface area contributed by atoms with Crippen LogP contribution >= 0.6 is 23.2 Å². The van der Waals surface area contributed by atoms with E-state index >= 15 is 0 Å². The lowest BCUT2D eigenvalue weighted by Crippen LogP contribution is -2.45. The first-order valence-corrected chi connectivity index (χ1v) is 8.16. The number of alkyl halides is 2. The van der Waals surface area contributed by atoms with Gasteiger partial charge in [-0.3, -0.25) is 4.79 Å². The molecule has 1 amide bonds. The quantitative estimate of drug-likeness (QED) is 0.496. The number of rotatable bonds is 9. The molecule has 0 heterocycles. The second-order valence-corrected chi connectivity index (χ2v) is 4.28. The Balaban J connectivity index is -0.000000461. The first-order chi connectivity index (χ1) is 10.1. The lowest BCUT2D eigenvalue weighted by atomic mass is 10.0. The van der Waals surface area contributed by atoms with Crippen molar-refractivity contribution in [3.05, 3.63) is 0 Å². The van der Waals surface area contributed by atoms with Crippen LogP contribution in [-0.4, -0.2) is 54.9 Å². The first kappa shape index (κ1) is 25.6. The molecule has 5 nitrogen and oxygen atoms in total. The largest absolute Gasteiger partial charge is 0.396 e. The molecular formula is C14H29Cl2NO4. The van der Waals surface area contributed by atoms with E-state index in [4.69, 9.17) is 37.8 Å². The third-order valence-electron chi connectivity index (χ3n) is 2.30. The van der Waals surface area contributed by atoms with Gasteiger partial charge in [-0.25, -0.2) is 0 Å². The second-order valence-electron chi connectivity index (χ2n) is 3.70. The van der Waals surface area contributed by atoms with Crippen molar-refractivity contribution in [1.29, 1.82) is 0 Å². The number of carbonyl (C=O) groups excluding carboxylic acids is 2. The maximum Gasteiger partial charge on any atom is 0.235 e. The van der Waals surface area contributed by atoms with E-state index in [-0.39, 0.29) is 36.4 Å². The van der Waals surface area contributed by atoms with Crippen molar-refractivity contribution in [2.24, 2.45) is 0 Å². The molecule has 0 aromatic carbocycles. The van der Waals surface area contributed by atoms with Gasteiger partial charge in [0.25, 0.3) is 0 Å². The molecule has 0 spiro atoms. The fourth-order valence-electron chi connectivity index (χ4n) is 1.50. The van der Waals surface area contributed by atoms with Crippen LogP contribution in [0.15, 0.2) is 0 Å².